The standard InChI is InChI=1S/C31H48N2O/c1-9-13-15-17-27(20-19-25(6)34-8)23-32-24(5)21-31-30(26(32)7)22-28(12-4)33(31)29(16-11-3)18-14-10-2/h15,17,19-22,29H,7,9-14,16,18,23H2,1-6,8H3/b17-15+,25-19+,27-20+. The summed E-state index contributed by atoms with van der Waals surface area (Å²) < 4.78 is 7.99. The molecule has 2 heterocycles. The van der Waals surface area contributed by atoms with Crippen LogP contribution in [0.25, 0.3) is 11.8 Å². The molecule has 1 aromatic rings. The fourth-order valence-electron chi connectivity index (χ4n) is 4.74. The minimum atomic E-state index is 0.571. The average molecular weight is 465 g/mol. The molecule has 0 aliphatic carbocycles. The number of methoxy groups -OCH3 is 1. The maximum Gasteiger partial charge on any atom is 0.0924 e. The molecule has 0 fully saturated rings. The highest BCUT2D eigenvalue weighted by molar-refractivity contribution is 5.78. The molecule has 0 saturated heterocycles. The van der Waals surface area contributed by atoms with Crippen molar-refractivity contribution in [1.29, 1.82) is 0 Å². The second-order valence-corrected chi connectivity index (χ2v) is 9.48. The Morgan fingerprint density at radius 3 is 2.47 bits per heavy atom. The Bertz CT molecular complexity index is 925. The predicted octanol–water partition coefficient (Wildman–Crippen LogP) is 9.06. The van der Waals surface area contributed by atoms with Crippen molar-refractivity contribution in [2.24, 2.45) is 0 Å². The summed E-state index contributed by atoms with van der Waals surface area (Å²) in [7, 11) is 1.72. The Kier molecular flexibility index (Phi) is 11.5. The van der Waals surface area contributed by atoms with Crippen LogP contribution in [0, 0.1) is 0 Å². The van der Waals surface area contributed by atoms with Crippen molar-refractivity contribution >= 4 is 11.8 Å². The van der Waals surface area contributed by atoms with E-state index in [1.54, 1.807) is 7.11 Å². The molecule has 0 saturated carbocycles. The van der Waals surface area contributed by atoms with Gasteiger partial charge in [-0.05, 0) is 63.3 Å². The number of nitrogens with zero attached hydrogens (tertiary/aromatic N) is 2. The van der Waals surface area contributed by atoms with Crippen LogP contribution in [0.1, 0.15) is 109 Å². The molecule has 188 valence electrons. The highest BCUT2D eigenvalue weighted by Gasteiger charge is 2.27. The summed E-state index contributed by atoms with van der Waals surface area (Å²) in [5.74, 6) is 0.909. The normalized spacial score (nSPS) is 15.7. The summed E-state index contributed by atoms with van der Waals surface area (Å²) in [6.07, 6.45) is 20.7. The van der Waals surface area contributed by atoms with Gasteiger partial charge < -0.3 is 14.2 Å². The summed E-state index contributed by atoms with van der Waals surface area (Å²) in [5.41, 5.74) is 7.70. The Morgan fingerprint density at radius 1 is 1.09 bits per heavy atom. The molecule has 0 spiro atoms. The van der Waals surface area contributed by atoms with Crippen LogP contribution in [0.3, 0.4) is 0 Å². The van der Waals surface area contributed by atoms with Gasteiger partial charge in [-0.15, -0.1) is 0 Å². The fourth-order valence-corrected chi connectivity index (χ4v) is 4.74. The molecule has 1 atom stereocenters. The second kappa shape index (κ2) is 14.1. The van der Waals surface area contributed by atoms with E-state index in [1.807, 2.05) is 6.92 Å². The molecule has 2 rings (SSSR count). The minimum absolute atomic E-state index is 0.571. The van der Waals surface area contributed by atoms with E-state index in [1.165, 1.54) is 60.3 Å². The minimum Gasteiger partial charge on any atom is -0.501 e. The highest BCUT2D eigenvalue weighted by Crippen LogP contribution is 2.38. The number of allylic oxidation sites excluding steroid dienone is 5. The molecular weight excluding hydrogens is 416 g/mol. The topological polar surface area (TPSA) is 17.4 Å². The van der Waals surface area contributed by atoms with Crippen molar-refractivity contribution in [2.45, 2.75) is 99.0 Å². The van der Waals surface area contributed by atoms with Gasteiger partial charge in [0.1, 0.15) is 0 Å². The number of rotatable bonds is 14. The van der Waals surface area contributed by atoms with Crippen LogP contribution in [0.2, 0.25) is 0 Å². The predicted molar refractivity (Wildman–Crippen MR) is 150 cm³/mol. The molecule has 3 nitrogen and oxygen atoms in total. The van der Waals surface area contributed by atoms with Gasteiger partial charge in [0.15, 0.2) is 0 Å². The van der Waals surface area contributed by atoms with Crippen LogP contribution in [0.15, 0.2) is 54.0 Å². The third-order valence-corrected chi connectivity index (χ3v) is 6.79. The van der Waals surface area contributed by atoms with Crippen LogP contribution in [-0.2, 0) is 11.2 Å². The first-order valence-electron chi connectivity index (χ1n) is 13.4. The number of hydrogen-bond donors (Lipinski definition) is 0. The third-order valence-electron chi connectivity index (χ3n) is 6.79. The fraction of sp³-hybridized carbons (Fsp3) is 0.548. The molecule has 1 aliphatic heterocycles. The number of unbranched alkanes of at least 4 members (excludes halogenated alkanes) is 2. The van der Waals surface area contributed by atoms with Gasteiger partial charge in [-0.1, -0.05) is 78.2 Å². The Labute approximate surface area is 209 Å². The molecule has 3 heteroatoms. The zero-order valence-electron chi connectivity index (χ0n) is 22.9. The first-order valence-corrected chi connectivity index (χ1v) is 13.4. The zero-order chi connectivity index (χ0) is 25.1. The van der Waals surface area contributed by atoms with E-state index in [2.05, 4.69) is 87.1 Å². The van der Waals surface area contributed by atoms with Crippen LogP contribution in [-0.4, -0.2) is 23.1 Å². The maximum absolute atomic E-state index is 5.35. The lowest BCUT2D eigenvalue weighted by Gasteiger charge is -2.33. The van der Waals surface area contributed by atoms with Crippen molar-refractivity contribution in [2.75, 3.05) is 13.7 Å². The molecule has 1 unspecified atom stereocenters. The molecule has 34 heavy (non-hydrogen) atoms. The van der Waals surface area contributed by atoms with Crippen LogP contribution < -0.4 is 0 Å². The largest absolute Gasteiger partial charge is 0.501 e. The Balaban J connectivity index is 2.44. The Morgan fingerprint density at radius 2 is 1.85 bits per heavy atom. The average Bonchev–Trinajstić information content (AvgIpc) is 3.20. The molecule has 1 aromatic heterocycles. The summed E-state index contributed by atoms with van der Waals surface area (Å²) in [6, 6.07) is 2.97. The maximum atomic E-state index is 5.35. The summed E-state index contributed by atoms with van der Waals surface area (Å²) in [4.78, 5) is 2.37. The monoisotopic (exact) mass is 464 g/mol. The zero-order valence-corrected chi connectivity index (χ0v) is 22.9. The van der Waals surface area contributed by atoms with Crippen molar-refractivity contribution in [3.05, 3.63) is 70.9 Å². The Hall–Kier alpha value is -2.42. The summed E-state index contributed by atoms with van der Waals surface area (Å²) >= 11 is 0. The summed E-state index contributed by atoms with van der Waals surface area (Å²) in [5, 5.41) is 0. The molecule has 0 radical (unpaired) electrons. The van der Waals surface area contributed by atoms with E-state index < -0.39 is 0 Å². The molecule has 0 aromatic carbocycles. The van der Waals surface area contributed by atoms with Crippen molar-refractivity contribution in [1.82, 2.24) is 9.47 Å². The van der Waals surface area contributed by atoms with Gasteiger partial charge in [-0.3, -0.25) is 0 Å². The first-order chi connectivity index (χ1) is 16.4. The van der Waals surface area contributed by atoms with Gasteiger partial charge in [-0.2, -0.15) is 0 Å². The smallest absolute Gasteiger partial charge is 0.0924 e. The van der Waals surface area contributed by atoms with Crippen molar-refractivity contribution in [3.63, 3.8) is 0 Å². The van der Waals surface area contributed by atoms with Gasteiger partial charge in [-0.25, -0.2) is 0 Å². The lowest BCUT2D eigenvalue weighted by molar-refractivity contribution is 0.293. The van der Waals surface area contributed by atoms with Crippen LogP contribution in [0.5, 0.6) is 0 Å². The number of fused-ring (bicyclic) bond motifs is 1. The number of aromatic nitrogens is 1. The SMILES string of the molecule is C=C1c2cc(CC)n(C(CCC)CCCC)c2C=C(C)N1CC(/C=C/CCC)=C/C=C(\C)OC. The molecule has 0 N–H and O–H groups in total. The lowest BCUT2D eigenvalue weighted by atomic mass is 10.0. The lowest BCUT2D eigenvalue weighted by Crippen LogP contribution is -2.25. The number of ether oxygens (including phenoxy) is 1. The highest BCUT2D eigenvalue weighted by atomic mass is 16.5. The van der Waals surface area contributed by atoms with Crippen LogP contribution in [0.4, 0.5) is 0 Å². The van der Waals surface area contributed by atoms with Gasteiger partial charge in [0.25, 0.3) is 0 Å². The van der Waals surface area contributed by atoms with E-state index in [4.69, 9.17) is 4.74 Å². The van der Waals surface area contributed by atoms with Crippen molar-refractivity contribution in [3.8, 4) is 0 Å². The van der Waals surface area contributed by atoms with Gasteiger partial charge in [0.05, 0.1) is 18.6 Å². The molecule has 0 bridgehead atoms. The van der Waals surface area contributed by atoms with E-state index in [0.717, 1.165) is 37.3 Å². The first kappa shape index (κ1) is 27.8. The van der Waals surface area contributed by atoms with Crippen molar-refractivity contribution < 1.29 is 4.74 Å². The molecular formula is C31H48N2O. The summed E-state index contributed by atoms with van der Waals surface area (Å²) in [6.45, 7) is 18.7. The third kappa shape index (κ3) is 7.04. The van der Waals surface area contributed by atoms with Gasteiger partial charge in [0.2, 0.25) is 0 Å². The van der Waals surface area contributed by atoms with E-state index in [0.29, 0.717) is 6.04 Å². The quantitative estimate of drug-likeness (QED) is 0.202. The van der Waals surface area contributed by atoms with Gasteiger partial charge in [0, 0.05) is 35.2 Å². The van der Waals surface area contributed by atoms with Gasteiger partial charge >= 0.3 is 0 Å². The number of aryl methyl sites for hydroxylation is 1. The van der Waals surface area contributed by atoms with E-state index in [9.17, 15) is 0 Å². The van der Waals surface area contributed by atoms with Crippen LogP contribution >= 0.6 is 0 Å². The van der Waals surface area contributed by atoms with E-state index >= 15 is 0 Å². The molecule has 1 aliphatic rings. The van der Waals surface area contributed by atoms with E-state index in [-0.39, 0.29) is 0 Å². The molecule has 0 amide bonds. The second-order valence-electron chi connectivity index (χ2n) is 9.48. The number of hydrogen-bond acceptors (Lipinski definition) is 2.